The lowest BCUT2D eigenvalue weighted by Crippen LogP contribution is -2.41. The summed E-state index contributed by atoms with van der Waals surface area (Å²) < 4.78 is 35.6. The summed E-state index contributed by atoms with van der Waals surface area (Å²) in [6.45, 7) is -1.70. The van der Waals surface area contributed by atoms with Gasteiger partial charge in [-0.2, -0.15) is 0 Å². The molecule has 2 rings (SSSR count). The Bertz CT molecular complexity index is 557. The quantitative estimate of drug-likeness (QED) is 0.876. The normalized spacial score (nSPS) is 10.9. The molecule has 0 radical (unpaired) electrons. The molecule has 0 aliphatic heterocycles. The standard InChI is InChI=1S/C11H11F2N3O3.ClH/c12-11(13,5-14)6-15-10(17)7-4-9(19-16-7)8-2-1-3-18-8;/h1-4H,5-6,14H2,(H,15,17);1H. The van der Waals surface area contributed by atoms with Crippen molar-refractivity contribution in [2.45, 2.75) is 5.92 Å². The number of hydrogen-bond donors (Lipinski definition) is 2. The maximum atomic E-state index is 12.9. The lowest BCUT2D eigenvalue weighted by atomic mass is 10.3. The van der Waals surface area contributed by atoms with Gasteiger partial charge in [0.25, 0.3) is 11.8 Å². The molecule has 0 fully saturated rings. The number of rotatable bonds is 5. The largest absolute Gasteiger partial charge is 0.461 e. The van der Waals surface area contributed by atoms with E-state index in [1.54, 1.807) is 12.1 Å². The van der Waals surface area contributed by atoms with Crippen molar-refractivity contribution in [3.8, 4) is 11.5 Å². The number of furan rings is 1. The van der Waals surface area contributed by atoms with Crippen LogP contribution in [0, 0.1) is 0 Å². The van der Waals surface area contributed by atoms with Gasteiger partial charge in [-0.3, -0.25) is 4.79 Å². The zero-order chi connectivity index (χ0) is 13.9. The van der Waals surface area contributed by atoms with Crippen LogP contribution in [0.3, 0.4) is 0 Å². The van der Waals surface area contributed by atoms with Crippen LogP contribution in [-0.2, 0) is 0 Å². The van der Waals surface area contributed by atoms with Crippen LogP contribution in [-0.4, -0.2) is 30.1 Å². The number of hydrogen-bond acceptors (Lipinski definition) is 5. The predicted molar refractivity (Wildman–Crippen MR) is 67.8 cm³/mol. The molecule has 2 aromatic rings. The molecule has 9 heteroatoms. The first kappa shape index (κ1) is 16.1. The van der Waals surface area contributed by atoms with Gasteiger partial charge in [0.05, 0.1) is 19.4 Å². The van der Waals surface area contributed by atoms with Crippen molar-refractivity contribution in [2.24, 2.45) is 5.73 Å². The van der Waals surface area contributed by atoms with Crippen molar-refractivity contribution in [1.82, 2.24) is 10.5 Å². The number of carbonyl (C=O) groups excluding carboxylic acids is 1. The number of aromatic nitrogens is 1. The average molecular weight is 308 g/mol. The third-order valence-electron chi connectivity index (χ3n) is 2.31. The molecule has 2 heterocycles. The fraction of sp³-hybridized carbons (Fsp3) is 0.273. The average Bonchev–Trinajstić information content (AvgIpc) is 3.05. The second-order valence-electron chi connectivity index (χ2n) is 3.80. The van der Waals surface area contributed by atoms with Crippen molar-refractivity contribution in [1.29, 1.82) is 0 Å². The van der Waals surface area contributed by atoms with Crippen LogP contribution >= 0.6 is 12.4 Å². The monoisotopic (exact) mass is 307 g/mol. The van der Waals surface area contributed by atoms with E-state index in [0.29, 0.717) is 5.76 Å². The van der Waals surface area contributed by atoms with Crippen LogP contribution in [0.1, 0.15) is 10.5 Å². The second kappa shape index (κ2) is 6.49. The number of nitrogens with zero attached hydrogens (tertiary/aromatic N) is 1. The highest BCUT2D eigenvalue weighted by Crippen LogP contribution is 2.20. The Morgan fingerprint density at radius 2 is 2.20 bits per heavy atom. The summed E-state index contributed by atoms with van der Waals surface area (Å²) in [5.74, 6) is -3.29. The van der Waals surface area contributed by atoms with Crippen LogP contribution in [0.2, 0.25) is 0 Å². The molecule has 0 saturated heterocycles. The molecule has 6 nitrogen and oxygen atoms in total. The van der Waals surface area contributed by atoms with E-state index in [1.807, 2.05) is 5.32 Å². The highest BCUT2D eigenvalue weighted by Gasteiger charge is 2.28. The summed E-state index contributed by atoms with van der Waals surface area (Å²) >= 11 is 0. The molecule has 0 unspecified atom stereocenters. The summed E-state index contributed by atoms with van der Waals surface area (Å²) in [5, 5.41) is 5.50. The van der Waals surface area contributed by atoms with Crippen LogP contribution in [0.4, 0.5) is 8.78 Å². The minimum absolute atomic E-state index is 0. The topological polar surface area (TPSA) is 94.3 Å². The number of amides is 1. The molecule has 0 bridgehead atoms. The molecule has 0 aromatic carbocycles. The summed E-state index contributed by atoms with van der Waals surface area (Å²) in [7, 11) is 0. The second-order valence-corrected chi connectivity index (χ2v) is 3.80. The van der Waals surface area contributed by atoms with E-state index in [9.17, 15) is 13.6 Å². The molecule has 110 valence electrons. The van der Waals surface area contributed by atoms with Crippen molar-refractivity contribution in [3.63, 3.8) is 0 Å². The van der Waals surface area contributed by atoms with Gasteiger partial charge in [0, 0.05) is 6.07 Å². The molecule has 1 amide bonds. The zero-order valence-corrected chi connectivity index (χ0v) is 11.0. The molecule has 20 heavy (non-hydrogen) atoms. The van der Waals surface area contributed by atoms with Gasteiger partial charge in [-0.25, -0.2) is 8.78 Å². The van der Waals surface area contributed by atoms with E-state index in [1.165, 1.54) is 12.3 Å². The van der Waals surface area contributed by atoms with Crippen LogP contribution in [0.5, 0.6) is 0 Å². The van der Waals surface area contributed by atoms with Gasteiger partial charge >= 0.3 is 0 Å². The SMILES string of the molecule is Cl.NCC(F)(F)CNC(=O)c1cc(-c2ccco2)on1. The lowest BCUT2D eigenvalue weighted by molar-refractivity contribution is 0.0117. The highest BCUT2D eigenvalue weighted by atomic mass is 35.5. The molecule has 0 spiro atoms. The third-order valence-corrected chi connectivity index (χ3v) is 2.31. The maximum Gasteiger partial charge on any atom is 0.277 e. The Kier molecular flexibility index (Phi) is 5.23. The summed E-state index contributed by atoms with van der Waals surface area (Å²) in [6, 6.07) is 4.55. The van der Waals surface area contributed by atoms with E-state index in [-0.39, 0.29) is 23.9 Å². The minimum atomic E-state index is -3.15. The van der Waals surface area contributed by atoms with E-state index in [0.717, 1.165) is 0 Å². The molecule has 0 atom stereocenters. The molecule has 3 N–H and O–H groups in total. The van der Waals surface area contributed by atoms with E-state index in [2.05, 4.69) is 5.16 Å². The van der Waals surface area contributed by atoms with Crippen molar-refractivity contribution < 1.29 is 22.5 Å². The summed E-state index contributed by atoms with van der Waals surface area (Å²) in [5.41, 5.74) is 4.74. The van der Waals surface area contributed by atoms with Gasteiger partial charge in [-0.05, 0) is 12.1 Å². The van der Waals surface area contributed by atoms with E-state index < -0.39 is 24.9 Å². The number of alkyl halides is 2. The first-order chi connectivity index (χ1) is 9.02. The highest BCUT2D eigenvalue weighted by molar-refractivity contribution is 5.92. The Morgan fingerprint density at radius 3 is 2.80 bits per heavy atom. The Labute approximate surface area is 118 Å². The number of nitrogens with one attached hydrogen (secondary N) is 1. The van der Waals surface area contributed by atoms with Gasteiger partial charge in [0.2, 0.25) is 5.76 Å². The van der Waals surface area contributed by atoms with Gasteiger partial charge in [-0.15, -0.1) is 12.4 Å². The minimum Gasteiger partial charge on any atom is -0.461 e. The zero-order valence-electron chi connectivity index (χ0n) is 10.1. The number of halogens is 3. The maximum absolute atomic E-state index is 12.9. The summed E-state index contributed by atoms with van der Waals surface area (Å²) in [6.07, 6.45) is 1.43. The molecule has 0 aliphatic carbocycles. The van der Waals surface area contributed by atoms with E-state index in [4.69, 9.17) is 14.7 Å². The van der Waals surface area contributed by atoms with Crippen molar-refractivity contribution in [3.05, 3.63) is 30.2 Å². The van der Waals surface area contributed by atoms with Crippen LogP contribution in [0.15, 0.2) is 33.4 Å². The Balaban J connectivity index is 0.00000200. The molecule has 0 aliphatic rings. The van der Waals surface area contributed by atoms with Gasteiger partial charge in [0.15, 0.2) is 11.5 Å². The van der Waals surface area contributed by atoms with E-state index >= 15 is 0 Å². The number of nitrogens with two attached hydrogens (primary N) is 1. The van der Waals surface area contributed by atoms with Crippen LogP contribution in [0.25, 0.3) is 11.5 Å². The molecule has 0 saturated carbocycles. The molecular weight excluding hydrogens is 296 g/mol. The predicted octanol–water partition coefficient (Wildman–Crippen LogP) is 1.68. The fourth-order valence-electron chi connectivity index (χ4n) is 1.29. The van der Waals surface area contributed by atoms with Gasteiger partial charge < -0.3 is 20.0 Å². The van der Waals surface area contributed by atoms with Gasteiger partial charge in [-0.1, -0.05) is 5.16 Å². The smallest absolute Gasteiger partial charge is 0.277 e. The van der Waals surface area contributed by atoms with Crippen LogP contribution < -0.4 is 11.1 Å². The first-order valence-electron chi connectivity index (χ1n) is 5.38. The molecule has 2 aromatic heterocycles. The lowest BCUT2D eigenvalue weighted by Gasteiger charge is -2.13. The summed E-state index contributed by atoms with van der Waals surface area (Å²) in [4.78, 5) is 11.6. The Morgan fingerprint density at radius 1 is 1.45 bits per heavy atom. The number of carbonyl (C=O) groups is 1. The molecular formula is C11H12ClF2N3O3. The van der Waals surface area contributed by atoms with Crippen molar-refractivity contribution >= 4 is 18.3 Å². The Hall–Kier alpha value is -1.93. The van der Waals surface area contributed by atoms with Crippen molar-refractivity contribution in [2.75, 3.05) is 13.1 Å². The fourth-order valence-corrected chi connectivity index (χ4v) is 1.29. The first-order valence-corrected chi connectivity index (χ1v) is 5.38. The van der Waals surface area contributed by atoms with Gasteiger partial charge in [0.1, 0.15) is 0 Å². The third kappa shape index (κ3) is 3.78.